The molecule has 0 aromatic heterocycles. The number of carboxylic acid groups (broad SMARTS) is 2. The minimum absolute atomic E-state index is 0. The molecule has 0 aliphatic heterocycles. The van der Waals surface area contributed by atoms with Crippen molar-refractivity contribution in [3.05, 3.63) is 0 Å². The number of rotatable bonds is 21. The molecule has 0 aromatic carbocycles. The zero-order valence-corrected chi connectivity index (χ0v) is 19.0. The first-order valence-electron chi connectivity index (χ1n) is 11.1. The first kappa shape index (κ1) is 32.4. The van der Waals surface area contributed by atoms with Crippen molar-refractivity contribution in [2.45, 2.75) is 136 Å². The third-order valence-corrected chi connectivity index (χ3v) is 5.03. The van der Waals surface area contributed by atoms with E-state index in [0.29, 0.717) is 12.8 Å². The second-order valence-corrected chi connectivity index (χ2v) is 7.65. The summed E-state index contributed by atoms with van der Waals surface area (Å²) in [7, 11) is 0. The summed E-state index contributed by atoms with van der Waals surface area (Å²) in [6.45, 7) is 0. The van der Waals surface area contributed by atoms with Crippen molar-refractivity contribution >= 4 is 35.0 Å². The number of aliphatic carboxylic acids is 2. The smallest absolute Gasteiger partial charge is 0.303 e. The van der Waals surface area contributed by atoms with Gasteiger partial charge in [-0.15, -0.1) is 0 Å². The first-order valence-corrected chi connectivity index (χ1v) is 11.1. The Hall–Kier alpha value is -0.294. The monoisotopic (exact) mass is 410 g/mol. The minimum atomic E-state index is -0.669. The number of hydrogen-bond donors (Lipinski definition) is 2. The van der Waals surface area contributed by atoms with E-state index in [2.05, 4.69) is 0 Å². The van der Waals surface area contributed by atoms with Crippen molar-refractivity contribution in [3.63, 3.8) is 0 Å². The van der Waals surface area contributed by atoms with E-state index < -0.39 is 11.9 Å². The van der Waals surface area contributed by atoms with Gasteiger partial charge in [0.05, 0.1) is 0 Å². The molecule has 0 aliphatic carbocycles. The summed E-state index contributed by atoms with van der Waals surface area (Å²) in [6, 6.07) is 0. The molecule has 0 amide bonds. The fourth-order valence-electron chi connectivity index (χ4n) is 3.38. The fraction of sp³-hybridized carbons (Fsp3) is 0.913. The van der Waals surface area contributed by atoms with E-state index in [1.165, 1.54) is 89.9 Å². The van der Waals surface area contributed by atoms with Crippen LogP contribution in [0.5, 0.6) is 0 Å². The van der Waals surface area contributed by atoms with Crippen LogP contribution in [0, 0.1) is 0 Å². The van der Waals surface area contributed by atoms with Crippen LogP contribution in [0.3, 0.4) is 0 Å². The summed E-state index contributed by atoms with van der Waals surface area (Å²) in [5.74, 6) is -1.34. The quantitative estimate of drug-likeness (QED) is 0.155. The van der Waals surface area contributed by atoms with Gasteiger partial charge < -0.3 is 10.2 Å². The standard InChI is InChI=1S/C22H42O4.CH4.Mg/c23-21(24)19-17-15-13-11-9-7-5-3-1-2-4-6-8-10-12-14-16-18-20-22(25)26;;/h1-20H2,(H,23,24)(H,25,26);1H4;. The molecular formula is C23H46MgO4. The lowest BCUT2D eigenvalue weighted by Gasteiger charge is -2.03. The first-order chi connectivity index (χ1) is 12.6. The van der Waals surface area contributed by atoms with E-state index in [1.807, 2.05) is 0 Å². The van der Waals surface area contributed by atoms with E-state index in [4.69, 9.17) is 10.2 Å². The number of unbranched alkanes of at least 4 members (excludes halogenated alkanes) is 17. The molecule has 0 spiro atoms. The van der Waals surface area contributed by atoms with Crippen molar-refractivity contribution in [2.75, 3.05) is 0 Å². The molecule has 0 rings (SSSR count). The summed E-state index contributed by atoms with van der Waals surface area (Å²) in [5.41, 5.74) is 0. The molecule has 0 heterocycles. The van der Waals surface area contributed by atoms with Crippen LogP contribution in [-0.4, -0.2) is 45.2 Å². The van der Waals surface area contributed by atoms with Crippen LogP contribution in [0.15, 0.2) is 0 Å². The molecule has 4 nitrogen and oxygen atoms in total. The Kier molecular flexibility index (Phi) is 30.9. The molecule has 0 atom stereocenters. The van der Waals surface area contributed by atoms with Crippen LogP contribution in [0.1, 0.15) is 136 Å². The van der Waals surface area contributed by atoms with Crippen LogP contribution in [-0.2, 0) is 9.59 Å². The largest absolute Gasteiger partial charge is 0.481 e. The molecule has 0 saturated heterocycles. The highest BCUT2D eigenvalue weighted by Gasteiger charge is 1.98. The van der Waals surface area contributed by atoms with Crippen molar-refractivity contribution in [1.82, 2.24) is 0 Å². The molecule has 2 radical (unpaired) electrons. The maximum atomic E-state index is 10.4. The summed E-state index contributed by atoms with van der Waals surface area (Å²) >= 11 is 0. The number of carboxylic acids is 2. The second kappa shape index (κ2) is 26.7. The summed E-state index contributed by atoms with van der Waals surface area (Å²) in [4.78, 5) is 20.8. The Morgan fingerprint density at radius 3 is 0.679 bits per heavy atom. The number of carbonyl (C=O) groups is 2. The molecule has 0 aliphatic rings. The highest BCUT2D eigenvalue weighted by atomic mass is 24.3. The molecule has 5 heteroatoms. The van der Waals surface area contributed by atoms with Gasteiger partial charge in [-0.25, -0.2) is 0 Å². The maximum Gasteiger partial charge on any atom is 0.303 e. The van der Waals surface area contributed by atoms with E-state index in [1.54, 1.807) is 0 Å². The zero-order chi connectivity index (χ0) is 19.3. The predicted octanol–water partition coefficient (Wildman–Crippen LogP) is 7.21. The topological polar surface area (TPSA) is 74.6 Å². The molecular weight excluding hydrogens is 365 g/mol. The summed E-state index contributed by atoms with van der Waals surface area (Å²) < 4.78 is 0. The lowest BCUT2D eigenvalue weighted by Crippen LogP contribution is -1.93. The van der Waals surface area contributed by atoms with Gasteiger partial charge in [0, 0.05) is 35.9 Å². The maximum absolute atomic E-state index is 10.4. The summed E-state index contributed by atoms with van der Waals surface area (Å²) in [6.07, 6.45) is 22.8. The van der Waals surface area contributed by atoms with Crippen LogP contribution in [0.2, 0.25) is 0 Å². The van der Waals surface area contributed by atoms with Gasteiger partial charge in [0.1, 0.15) is 0 Å². The zero-order valence-electron chi connectivity index (χ0n) is 17.6. The third-order valence-electron chi connectivity index (χ3n) is 5.03. The number of hydrogen-bond acceptors (Lipinski definition) is 2. The van der Waals surface area contributed by atoms with Crippen molar-refractivity contribution < 1.29 is 19.8 Å². The van der Waals surface area contributed by atoms with Gasteiger partial charge in [0.25, 0.3) is 0 Å². The Morgan fingerprint density at radius 2 is 0.536 bits per heavy atom. The van der Waals surface area contributed by atoms with Gasteiger partial charge in [-0.2, -0.15) is 0 Å². The Morgan fingerprint density at radius 1 is 0.393 bits per heavy atom. The van der Waals surface area contributed by atoms with Gasteiger partial charge >= 0.3 is 11.9 Å². The van der Waals surface area contributed by atoms with E-state index in [-0.39, 0.29) is 30.5 Å². The second-order valence-electron chi connectivity index (χ2n) is 7.65. The Balaban J connectivity index is -0.00000312. The molecule has 164 valence electrons. The average Bonchev–Trinajstić information content (AvgIpc) is 2.59. The van der Waals surface area contributed by atoms with Gasteiger partial charge in [0.2, 0.25) is 0 Å². The van der Waals surface area contributed by atoms with E-state index in [9.17, 15) is 9.59 Å². The Labute approximate surface area is 190 Å². The molecule has 0 bridgehead atoms. The third kappa shape index (κ3) is 30.4. The lowest BCUT2D eigenvalue weighted by atomic mass is 10.0. The molecule has 0 aromatic rings. The van der Waals surface area contributed by atoms with Gasteiger partial charge in [-0.3, -0.25) is 9.59 Å². The SMILES string of the molecule is C.O=C(O)CCCCCCCCCCCCCCCCCCCCC(=O)O.[Mg]. The van der Waals surface area contributed by atoms with Crippen molar-refractivity contribution in [3.8, 4) is 0 Å². The lowest BCUT2D eigenvalue weighted by molar-refractivity contribution is -0.138. The van der Waals surface area contributed by atoms with Crippen LogP contribution >= 0.6 is 0 Å². The average molecular weight is 411 g/mol. The fourth-order valence-corrected chi connectivity index (χ4v) is 3.38. The van der Waals surface area contributed by atoms with Crippen molar-refractivity contribution in [1.29, 1.82) is 0 Å². The minimum Gasteiger partial charge on any atom is -0.481 e. The van der Waals surface area contributed by atoms with Crippen LogP contribution in [0.4, 0.5) is 0 Å². The Bertz CT molecular complexity index is 303. The van der Waals surface area contributed by atoms with Gasteiger partial charge in [-0.05, 0) is 12.8 Å². The van der Waals surface area contributed by atoms with Gasteiger partial charge in [0.15, 0.2) is 0 Å². The van der Waals surface area contributed by atoms with Crippen molar-refractivity contribution in [2.24, 2.45) is 0 Å². The predicted molar refractivity (Wildman–Crippen MR) is 120 cm³/mol. The summed E-state index contributed by atoms with van der Waals surface area (Å²) in [5, 5.41) is 17.1. The molecule has 28 heavy (non-hydrogen) atoms. The van der Waals surface area contributed by atoms with Gasteiger partial charge in [-0.1, -0.05) is 110 Å². The molecule has 2 N–H and O–H groups in total. The van der Waals surface area contributed by atoms with Crippen LogP contribution < -0.4 is 0 Å². The normalized spacial score (nSPS) is 10.1. The van der Waals surface area contributed by atoms with E-state index >= 15 is 0 Å². The van der Waals surface area contributed by atoms with E-state index in [0.717, 1.165) is 25.7 Å². The highest BCUT2D eigenvalue weighted by Crippen LogP contribution is 2.14. The van der Waals surface area contributed by atoms with Crippen LogP contribution in [0.25, 0.3) is 0 Å². The molecule has 0 saturated carbocycles. The highest BCUT2D eigenvalue weighted by molar-refractivity contribution is 5.75. The molecule has 0 fully saturated rings. The molecule has 0 unspecified atom stereocenters.